The molecule has 1 fully saturated rings. The molecule has 0 radical (unpaired) electrons. The first-order chi connectivity index (χ1) is 7.08. The predicted octanol–water partition coefficient (Wildman–Crippen LogP) is 1.14. The summed E-state index contributed by atoms with van der Waals surface area (Å²) in [5.74, 6) is -0.220. The molecule has 0 spiro atoms. The number of halogens is 1. The first kappa shape index (κ1) is 10.3. The van der Waals surface area contributed by atoms with Crippen molar-refractivity contribution < 1.29 is 15.0 Å². The topological polar surface area (TPSA) is 60.8 Å². The van der Waals surface area contributed by atoms with Gasteiger partial charge in [0.15, 0.2) is 0 Å². The maximum atomic E-state index is 11.5. The Bertz CT molecular complexity index is 408. The highest BCUT2D eigenvalue weighted by Gasteiger charge is 2.30. The van der Waals surface area contributed by atoms with E-state index in [4.69, 9.17) is 11.6 Å². The summed E-state index contributed by atoms with van der Waals surface area (Å²) < 4.78 is 0. The summed E-state index contributed by atoms with van der Waals surface area (Å²) in [6, 6.07) is 4.47. The Kier molecular flexibility index (Phi) is 2.54. The standard InChI is InChI=1S/C10H10ClNO3/c11-6-1-2-9(14)8(3-6)12-5-7(13)4-10(12)15/h1-3,7,13-14H,4-5H2. The first-order valence-electron chi connectivity index (χ1n) is 4.55. The van der Waals surface area contributed by atoms with Gasteiger partial charge >= 0.3 is 0 Å². The molecule has 1 heterocycles. The molecular formula is C10H10ClNO3. The number of hydrogen-bond donors (Lipinski definition) is 2. The number of carbonyl (C=O) groups is 1. The van der Waals surface area contributed by atoms with Gasteiger partial charge < -0.3 is 15.1 Å². The van der Waals surface area contributed by atoms with Gasteiger partial charge in [0.1, 0.15) is 5.75 Å². The quantitative estimate of drug-likeness (QED) is 0.757. The molecule has 0 bridgehead atoms. The van der Waals surface area contributed by atoms with Crippen LogP contribution in [0.3, 0.4) is 0 Å². The second-order valence-corrected chi connectivity index (χ2v) is 3.93. The van der Waals surface area contributed by atoms with Crippen molar-refractivity contribution in [3.63, 3.8) is 0 Å². The summed E-state index contributed by atoms with van der Waals surface area (Å²) in [5.41, 5.74) is 0.351. The number of rotatable bonds is 1. The van der Waals surface area contributed by atoms with Crippen LogP contribution in [0.5, 0.6) is 5.75 Å². The lowest BCUT2D eigenvalue weighted by molar-refractivity contribution is -0.117. The molecule has 15 heavy (non-hydrogen) atoms. The maximum Gasteiger partial charge on any atom is 0.229 e. The zero-order chi connectivity index (χ0) is 11.0. The van der Waals surface area contributed by atoms with Crippen molar-refractivity contribution in [3.8, 4) is 5.75 Å². The minimum absolute atomic E-state index is 0.0122. The van der Waals surface area contributed by atoms with E-state index >= 15 is 0 Å². The van der Waals surface area contributed by atoms with Crippen LogP contribution in [0.1, 0.15) is 6.42 Å². The van der Waals surface area contributed by atoms with Crippen molar-refractivity contribution in [1.29, 1.82) is 0 Å². The van der Waals surface area contributed by atoms with Crippen LogP contribution in [0, 0.1) is 0 Å². The summed E-state index contributed by atoms with van der Waals surface area (Å²) >= 11 is 5.77. The fourth-order valence-corrected chi connectivity index (χ4v) is 1.80. The number of amides is 1. The van der Waals surface area contributed by atoms with E-state index in [1.165, 1.54) is 23.1 Å². The number of aromatic hydroxyl groups is 1. The van der Waals surface area contributed by atoms with E-state index in [1.807, 2.05) is 0 Å². The fourth-order valence-electron chi connectivity index (χ4n) is 1.63. The van der Waals surface area contributed by atoms with Crippen LogP contribution >= 0.6 is 11.6 Å². The van der Waals surface area contributed by atoms with Gasteiger partial charge in [-0.2, -0.15) is 0 Å². The average Bonchev–Trinajstić information content (AvgIpc) is 2.50. The summed E-state index contributed by atoms with van der Waals surface area (Å²) in [6.07, 6.45) is -0.581. The molecule has 1 atom stereocenters. The number of anilines is 1. The van der Waals surface area contributed by atoms with Crippen molar-refractivity contribution in [3.05, 3.63) is 23.2 Å². The number of nitrogens with zero attached hydrogens (tertiary/aromatic N) is 1. The molecule has 1 aliphatic rings. The van der Waals surface area contributed by atoms with Gasteiger partial charge in [-0.3, -0.25) is 4.79 Å². The molecule has 2 rings (SSSR count). The largest absolute Gasteiger partial charge is 0.506 e. The Morgan fingerprint density at radius 2 is 2.20 bits per heavy atom. The van der Waals surface area contributed by atoms with E-state index in [-0.39, 0.29) is 24.6 Å². The van der Waals surface area contributed by atoms with Gasteiger partial charge in [-0.25, -0.2) is 0 Å². The number of carbonyl (C=O) groups excluding carboxylic acids is 1. The Balaban J connectivity index is 2.37. The molecule has 1 aromatic carbocycles. The summed E-state index contributed by atoms with van der Waals surface area (Å²) in [5, 5.41) is 19.3. The van der Waals surface area contributed by atoms with Crippen LogP contribution in [0.15, 0.2) is 18.2 Å². The van der Waals surface area contributed by atoms with Gasteiger partial charge in [0.05, 0.1) is 24.8 Å². The fraction of sp³-hybridized carbons (Fsp3) is 0.300. The SMILES string of the molecule is O=C1CC(O)CN1c1cc(Cl)ccc1O. The molecule has 1 aromatic rings. The van der Waals surface area contributed by atoms with Crippen LogP contribution in [0.2, 0.25) is 5.02 Å². The summed E-state index contributed by atoms with van der Waals surface area (Å²) in [4.78, 5) is 12.8. The summed E-state index contributed by atoms with van der Waals surface area (Å²) in [6.45, 7) is 0.201. The van der Waals surface area contributed by atoms with E-state index in [2.05, 4.69) is 0 Å². The molecule has 5 heteroatoms. The molecule has 1 amide bonds. The van der Waals surface area contributed by atoms with Gasteiger partial charge in [0.25, 0.3) is 0 Å². The molecule has 80 valence electrons. The Hall–Kier alpha value is -1.26. The number of aliphatic hydroxyl groups is 1. The van der Waals surface area contributed by atoms with E-state index in [1.54, 1.807) is 0 Å². The Morgan fingerprint density at radius 3 is 2.80 bits per heavy atom. The number of aliphatic hydroxyl groups excluding tert-OH is 1. The molecule has 4 nitrogen and oxygen atoms in total. The number of phenolic OH excluding ortho intramolecular Hbond substituents is 1. The Labute approximate surface area is 91.7 Å². The van der Waals surface area contributed by atoms with Crippen molar-refractivity contribution >= 4 is 23.2 Å². The van der Waals surface area contributed by atoms with Gasteiger partial charge in [0, 0.05) is 5.02 Å². The van der Waals surface area contributed by atoms with Gasteiger partial charge in [-0.1, -0.05) is 11.6 Å². The highest BCUT2D eigenvalue weighted by atomic mass is 35.5. The first-order valence-corrected chi connectivity index (χ1v) is 4.92. The van der Waals surface area contributed by atoms with Crippen molar-refractivity contribution in [1.82, 2.24) is 0 Å². The van der Waals surface area contributed by atoms with Crippen LogP contribution < -0.4 is 4.90 Å². The molecule has 2 N–H and O–H groups in total. The van der Waals surface area contributed by atoms with E-state index in [0.717, 1.165) is 0 Å². The summed E-state index contributed by atoms with van der Waals surface area (Å²) in [7, 11) is 0. The molecular weight excluding hydrogens is 218 g/mol. The van der Waals surface area contributed by atoms with E-state index < -0.39 is 6.10 Å². The normalized spacial score (nSPS) is 21.1. The number of phenols is 1. The third-order valence-corrected chi connectivity index (χ3v) is 2.57. The predicted molar refractivity (Wildman–Crippen MR) is 56.1 cm³/mol. The Morgan fingerprint density at radius 1 is 1.47 bits per heavy atom. The molecule has 1 unspecified atom stereocenters. The third kappa shape index (κ3) is 1.91. The van der Waals surface area contributed by atoms with E-state index in [0.29, 0.717) is 10.7 Å². The van der Waals surface area contributed by atoms with Gasteiger partial charge in [-0.15, -0.1) is 0 Å². The smallest absolute Gasteiger partial charge is 0.229 e. The van der Waals surface area contributed by atoms with Gasteiger partial charge in [-0.05, 0) is 18.2 Å². The molecule has 0 saturated carbocycles. The van der Waals surface area contributed by atoms with Crippen molar-refractivity contribution in [2.45, 2.75) is 12.5 Å². The lowest BCUT2D eigenvalue weighted by Gasteiger charge is -2.17. The number of benzene rings is 1. The highest BCUT2D eigenvalue weighted by Crippen LogP contribution is 2.32. The third-order valence-electron chi connectivity index (χ3n) is 2.33. The molecule has 0 aromatic heterocycles. The highest BCUT2D eigenvalue weighted by molar-refractivity contribution is 6.31. The van der Waals surface area contributed by atoms with Crippen LogP contribution in [-0.4, -0.2) is 28.8 Å². The zero-order valence-corrected chi connectivity index (χ0v) is 8.61. The molecule has 0 aliphatic carbocycles. The molecule has 1 saturated heterocycles. The second-order valence-electron chi connectivity index (χ2n) is 3.50. The number of β-amino-alcohol motifs (C(OH)–C–C–N with tert-alkyl or cyclic N) is 1. The van der Waals surface area contributed by atoms with Crippen molar-refractivity contribution in [2.75, 3.05) is 11.4 Å². The lowest BCUT2D eigenvalue weighted by atomic mass is 10.2. The zero-order valence-electron chi connectivity index (χ0n) is 7.85. The average molecular weight is 228 g/mol. The monoisotopic (exact) mass is 227 g/mol. The van der Waals surface area contributed by atoms with Crippen LogP contribution in [0.4, 0.5) is 5.69 Å². The van der Waals surface area contributed by atoms with Crippen molar-refractivity contribution in [2.24, 2.45) is 0 Å². The van der Waals surface area contributed by atoms with Crippen LogP contribution in [0.25, 0.3) is 0 Å². The van der Waals surface area contributed by atoms with Gasteiger partial charge in [0.2, 0.25) is 5.91 Å². The van der Waals surface area contributed by atoms with E-state index in [9.17, 15) is 15.0 Å². The number of hydrogen-bond acceptors (Lipinski definition) is 3. The minimum atomic E-state index is -0.670. The van der Waals surface area contributed by atoms with Crippen LogP contribution in [-0.2, 0) is 4.79 Å². The molecule has 1 aliphatic heterocycles. The minimum Gasteiger partial charge on any atom is -0.506 e. The lowest BCUT2D eigenvalue weighted by Crippen LogP contribution is -2.25. The maximum absolute atomic E-state index is 11.5. The second kappa shape index (κ2) is 3.72.